The maximum Gasteiger partial charge on any atom is 0.345 e. The number of rotatable bonds is 0. The lowest BCUT2D eigenvalue weighted by Crippen LogP contribution is -1.96. The van der Waals surface area contributed by atoms with Gasteiger partial charge in [-0.2, -0.15) is 0 Å². The summed E-state index contributed by atoms with van der Waals surface area (Å²) in [6.45, 7) is 1.56. The van der Waals surface area contributed by atoms with Crippen LogP contribution in [0.15, 0.2) is 6.20 Å². The van der Waals surface area contributed by atoms with Crippen LogP contribution in [0.5, 0.6) is 5.75 Å². The molecule has 0 spiro atoms. The molecule has 1 aliphatic rings. The number of hydrogen-bond acceptors (Lipinski definition) is 5. The fourth-order valence-corrected chi connectivity index (χ4v) is 1.24. The molecular weight excluding hydrogens is 174 g/mol. The largest absolute Gasteiger partial charge is 0.505 e. The molecule has 0 aromatic carbocycles. The molecule has 1 aromatic heterocycles. The molecule has 68 valence electrons. The van der Waals surface area contributed by atoms with Crippen LogP contribution in [-0.2, 0) is 4.74 Å². The summed E-state index contributed by atoms with van der Waals surface area (Å²) in [5, 5.41) is 18.6. The highest BCUT2D eigenvalue weighted by atomic mass is 16.6. The van der Waals surface area contributed by atoms with Gasteiger partial charge in [0.2, 0.25) is 6.29 Å². The van der Waals surface area contributed by atoms with Gasteiger partial charge in [-0.25, -0.2) is 4.79 Å². The average molecular weight is 181 g/mol. The minimum atomic E-state index is -1.30. The van der Waals surface area contributed by atoms with Gasteiger partial charge in [-0.15, -0.1) is 0 Å². The number of carbonyl (C=O) groups is 1. The Morgan fingerprint density at radius 1 is 1.62 bits per heavy atom. The molecule has 0 radical (unpaired) electrons. The molecular formula is C8H7NO4. The Bertz CT molecular complexity index is 388. The third-order valence-corrected chi connectivity index (χ3v) is 1.95. The molecule has 2 rings (SSSR count). The number of carbonyl (C=O) groups excluding carboxylic acids is 1. The number of esters is 1. The van der Waals surface area contributed by atoms with Gasteiger partial charge in [0.25, 0.3) is 0 Å². The second kappa shape index (κ2) is 2.43. The number of nitrogens with zero attached hydrogens (tertiary/aromatic N) is 1. The molecule has 13 heavy (non-hydrogen) atoms. The molecule has 5 nitrogen and oxygen atoms in total. The standard InChI is InChI=1S/C8H7NO4/c1-3-6(10)5-4(2-9-3)7(11)13-8(5)12/h2,7,10-11H,1H3. The Hall–Kier alpha value is -1.62. The number of aryl methyl sites for hydroxylation is 1. The van der Waals surface area contributed by atoms with E-state index < -0.39 is 12.3 Å². The summed E-state index contributed by atoms with van der Waals surface area (Å²) in [7, 11) is 0. The van der Waals surface area contributed by atoms with Gasteiger partial charge in [-0.05, 0) is 6.92 Å². The Balaban J connectivity index is 2.71. The SMILES string of the molecule is Cc1ncc2c(c1O)C(=O)OC2O. The monoisotopic (exact) mass is 181 g/mol. The molecule has 1 unspecified atom stereocenters. The molecule has 0 saturated carbocycles. The van der Waals surface area contributed by atoms with Crippen LogP contribution in [0.3, 0.4) is 0 Å². The second-order valence-corrected chi connectivity index (χ2v) is 2.78. The Morgan fingerprint density at radius 2 is 2.31 bits per heavy atom. The molecule has 0 fully saturated rings. The number of aliphatic hydroxyl groups is 1. The number of fused-ring (bicyclic) bond motifs is 1. The van der Waals surface area contributed by atoms with Gasteiger partial charge in [-0.1, -0.05) is 0 Å². The Labute approximate surface area is 73.6 Å². The van der Waals surface area contributed by atoms with E-state index in [1.165, 1.54) is 6.20 Å². The smallest absolute Gasteiger partial charge is 0.345 e. The molecule has 0 saturated heterocycles. The molecule has 1 aromatic rings. The van der Waals surface area contributed by atoms with Crippen LogP contribution < -0.4 is 0 Å². The van der Waals surface area contributed by atoms with E-state index in [4.69, 9.17) is 0 Å². The van der Waals surface area contributed by atoms with Crippen molar-refractivity contribution < 1.29 is 19.7 Å². The first kappa shape index (κ1) is 8.00. The third-order valence-electron chi connectivity index (χ3n) is 1.95. The lowest BCUT2D eigenvalue weighted by atomic mass is 10.1. The number of cyclic esters (lactones) is 1. The van der Waals surface area contributed by atoms with Crippen LogP contribution in [0.1, 0.15) is 27.9 Å². The summed E-state index contributed by atoms with van der Waals surface area (Å²) in [5.74, 6) is -0.940. The van der Waals surface area contributed by atoms with Gasteiger partial charge in [0, 0.05) is 6.20 Å². The highest BCUT2D eigenvalue weighted by Crippen LogP contribution is 2.34. The predicted octanol–water partition coefficient (Wildman–Crippen LogP) is 0.257. The van der Waals surface area contributed by atoms with E-state index in [1.807, 2.05) is 0 Å². The fraction of sp³-hybridized carbons (Fsp3) is 0.250. The number of aliphatic hydroxyl groups excluding tert-OH is 1. The third kappa shape index (κ3) is 0.972. The van der Waals surface area contributed by atoms with E-state index in [-0.39, 0.29) is 16.9 Å². The number of pyridine rings is 1. The fourth-order valence-electron chi connectivity index (χ4n) is 1.24. The van der Waals surface area contributed by atoms with Crippen molar-refractivity contribution in [2.75, 3.05) is 0 Å². The van der Waals surface area contributed by atoms with E-state index in [0.717, 1.165) is 0 Å². The van der Waals surface area contributed by atoms with Gasteiger partial charge in [0.05, 0.1) is 11.3 Å². The first-order valence-electron chi connectivity index (χ1n) is 3.68. The van der Waals surface area contributed by atoms with Crippen LogP contribution >= 0.6 is 0 Å². The maximum absolute atomic E-state index is 11.1. The van der Waals surface area contributed by atoms with Gasteiger partial charge < -0.3 is 14.9 Å². The number of hydrogen-bond donors (Lipinski definition) is 2. The van der Waals surface area contributed by atoms with Crippen molar-refractivity contribution in [3.05, 3.63) is 23.0 Å². The Morgan fingerprint density at radius 3 is 3.00 bits per heavy atom. The van der Waals surface area contributed by atoms with Crippen molar-refractivity contribution >= 4 is 5.97 Å². The first-order valence-corrected chi connectivity index (χ1v) is 3.68. The highest BCUT2D eigenvalue weighted by molar-refractivity contribution is 5.96. The quantitative estimate of drug-likeness (QED) is 0.561. The molecule has 0 amide bonds. The highest BCUT2D eigenvalue weighted by Gasteiger charge is 2.33. The Kier molecular flexibility index (Phi) is 1.50. The lowest BCUT2D eigenvalue weighted by Gasteiger charge is -2.01. The molecule has 0 aliphatic carbocycles. The molecule has 1 atom stereocenters. The van der Waals surface area contributed by atoms with Gasteiger partial charge in [-0.3, -0.25) is 4.98 Å². The lowest BCUT2D eigenvalue weighted by molar-refractivity contribution is -0.0548. The van der Waals surface area contributed by atoms with E-state index in [0.29, 0.717) is 5.69 Å². The van der Waals surface area contributed by atoms with Crippen molar-refractivity contribution in [3.63, 3.8) is 0 Å². The van der Waals surface area contributed by atoms with Gasteiger partial charge in [0.15, 0.2) is 5.75 Å². The number of aromatic hydroxyl groups is 1. The van der Waals surface area contributed by atoms with Gasteiger partial charge in [0.1, 0.15) is 5.56 Å². The van der Waals surface area contributed by atoms with Crippen LogP contribution in [-0.4, -0.2) is 21.2 Å². The number of ether oxygens (including phenoxy) is 1. The average Bonchev–Trinajstić information content (AvgIpc) is 2.35. The van der Waals surface area contributed by atoms with Crippen molar-refractivity contribution in [2.45, 2.75) is 13.2 Å². The van der Waals surface area contributed by atoms with E-state index >= 15 is 0 Å². The zero-order valence-electron chi connectivity index (χ0n) is 6.81. The summed E-state index contributed by atoms with van der Waals surface area (Å²) in [5.41, 5.74) is 0.568. The number of aromatic nitrogens is 1. The van der Waals surface area contributed by atoms with E-state index in [2.05, 4.69) is 9.72 Å². The predicted molar refractivity (Wildman–Crippen MR) is 41.0 cm³/mol. The zero-order valence-corrected chi connectivity index (χ0v) is 6.81. The maximum atomic E-state index is 11.1. The van der Waals surface area contributed by atoms with Crippen LogP contribution in [0.2, 0.25) is 0 Å². The summed E-state index contributed by atoms with van der Waals surface area (Å²) in [4.78, 5) is 14.9. The van der Waals surface area contributed by atoms with Gasteiger partial charge >= 0.3 is 5.97 Å². The summed E-state index contributed by atoms with van der Waals surface area (Å²) in [6, 6.07) is 0. The molecule has 1 aliphatic heterocycles. The molecule has 5 heteroatoms. The molecule has 0 bridgehead atoms. The first-order chi connectivity index (χ1) is 6.11. The van der Waals surface area contributed by atoms with Crippen LogP contribution in [0, 0.1) is 6.92 Å². The normalized spacial score (nSPS) is 19.8. The van der Waals surface area contributed by atoms with E-state index in [1.54, 1.807) is 6.92 Å². The topological polar surface area (TPSA) is 79.7 Å². The van der Waals surface area contributed by atoms with Crippen LogP contribution in [0.25, 0.3) is 0 Å². The van der Waals surface area contributed by atoms with Crippen molar-refractivity contribution in [1.82, 2.24) is 4.98 Å². The minimum absolute atomic E-state index is 0.0139. The minimum Gasteiger partial charge on any atom is -0.505 e. The second-order valence-electron chi connectivity index (χ2n) is 2.78. The summed E-state index contributed by atoms with van der Waals surface area (Å²) >= 11 is 0. The zero-order chi connectivity index (χ0) is 9.59. The summed E-state index contributed by atoms with van der Waals surface area (Å²) in [6.07, 6.45) is 0.0152. The molecule has 2 N–H and O–H groups in total. The van der Waals surface area contributed by atoms with Crippen LogP contribution in [0.4, 0.5) is 0 Å². The van der Waals surface area contributed by atoms with Crippen molar-refractivity contribution in [3.8, 4) is 5.75 Å². The summed E-state index contributed by atoms with van der Waals surface area (Å²) < 4.78 is 4.48. The van der Waals surface area contributed by atoms with E-state index in [9.17, 15) is 15.0 Å². The van der Waals surface area contributed by atoms with Crippen molar-refractivity contribution in [1.29, 1.82) is 0 Å². The van der Waals surface area contributed by atoms with Crippen molar-refractivity contribution in [2.24, 2.45) is 0 Å². The molecule has 2 heterocycles.